The van der Waals surface area contributed by atoms with Gasteiger partial charge in [-0.05, 0) is 48.2 Å². The second-order valence-electron chi connectivity index (χ2n) is 5.28. The van der Waals surface area contributed by atoms with Crippen molar-refractivity contribution in [2.75, 3.05) is 10.7 Å². The molecule has 0 atom stereocenters. The molecule has 0 aliphatic heterocycles. The summed E-state index contributed by atoms with van der Waals surface area (Å²) in [7, 11) is 0. The van der Waals surface area contributed by atoms with Gasteiger partial charge in [0.25, 0.3) is 0 Å². The molecule has 4 heteroatoms. The summed E-state index contributed by atoms with van der Waals surface area (Å²) in [6.07, 6.45) is 0.845. The monoisotopic (exact) mass is 476 g/mol. The summed E-state index contributed by atoms with van der Waals surface area (Å²) < 4.78 is 14.4. The highest BCUT2D eigenvalue weighted by Gasteiger charge is 2.32. The van der Waals surface area contributed by atoms with Gasteiger partial charge in [0, 0.05) is 20.5 Å². The van der Waals surface area contributed by atoms with Crippen molar-refractivity contribution in [3.63, 3.8) is 0 Å². The maximum atomic E-state index is 13.3. The lowest BCUT2D eigenvalue weighted by molar-refractivity contribution is 0.545. The first kappa shape index (κ1) is 17.2. The molecule has 0 aliphatic rings. The summed E-state index contributed by atoms with van der Waals surface area (Å²) in [6.45, 7) is 1.96. The van der Waals surface area contributed by atoms with Crippen molar-refractivity contribution >= 4 is 47.8 Å². The van der Waals surface area contributed by atoms with Crippen molar-refractivity contribution in [3.8, 4) is 0 Å². The molecule has 0 N–H and O–H groups in total. The highest BCUT2D eigenvalue weighted by atomic mass is 79.9. The first-order valence-corrected chi connectivity index (χ1v) is 9.68. The third kappa shape index (κ3) is 3.77. The molecule has 0 aromatic heterocycles. The van der Waals surface area contributed by atoms with Gasteiger partial charge in [-0.25, -0.2) is 4.39 Å². The number of aryl methyl sites for hydroxylation is 1. The number of halogens is 4. The van der Waals surface area contributed by atoms with Gasteiger partial charge in [0.1, 0.15) is 5.82 Å². The minimum absolute atomic E-state index is 0.0807. The van der Waals surface area contributed by atoms with Gasteiger partial charge in [0.05, 0.1) is 0 Å². The maximum Gasteiger partial charge on any atom is 0.123 e. The molecule has 0 saturated heterocycles. The topological polar surface area (TPSA) is 0 Å². The Balaban J connectivity index is 2.46. The summed E-state index contributed by atoms with van der Waals surface area (Å²) >= 11 is 11.0. The summed E-state index contributed by atoms with van der Waals surface area (Å²) in [6, 6.07) is 13.3. The van der Waals surface area contributed by atoms with Crippen LogP contribution >= 0.6 is 47.8 Å². The second-order valence-corrected chi connectivity index (χ2v) is 7.25. The van der Waals surface area contributed by atoms with Crippen molar-refractivity contribution in [1.29, 1.82) is 0 Å². The quantitative estimate of drug-likeness (QED) is 0.451. The molecular weight excluding hydrogens is 463 g/mol. The van der Waals surface area contributed by atoms with Crippen LogP contribution in [0.5, 0.6) is 0 Å². The van der Waals surface area contributed by atoms with E-state index in [-0.39, 0.29) is 11.2 Å². The first-order chi connectivity index (χ1) is 10.0. The predicted octanol–water partition coefficient (Wildman–Crippen LogP) is 6.17. The number of hydrogen-bond acceptors (Lipinski definition) is 0. The Morgan fingerprint density at radius 2 is 1.71 bits per heavy atom. The van der Waals surface area contributed by atoms with E-state index < -0.39 is 0 Å². The normalized spacial score (nSPS) is 11.7. The van der Waals surface area contributed by atoms with Gasteiger partial charge in [0.2, 0.25) is 0 Å². The van der Waals surface area contributed by atoms with Crippen molar-refractivity contribution in [3.05, 3.63) is 69.4 Å². The summed E-state index contributed by atoms with van der Waals surface area (Å²) in [5.41, 5.74) is 3.34. The molecule has 0 amide bonds. The van der Waals surface area contributed by atoms with Crippen LogP contribution < -0.4 is 0 Å². The van der Waals surface area contributed by atoms with Gasteiger partial charge in [-0.1, -0.05) is 72.1 Å². The number of rotatable bonds is 5. The van der Waals surface area contributed by atoms with Crippen LogP contribution in [0.3, 0.4) is 0 Å². The SMILES string of the molecule is Cc1cc(F)ccc1CC(CBr)(CBr)c1ccccc1Br. The molecule has 0 heterocycles. The van der Waals surface area contributed by atoms with Crippen LogP contribution in [0.25, 0.3) is 0 Å². The minimum atomic E-state index is -0.180. The largest absolute Gasteiger partial charge is 0.207 e. The Hall–Kier alpha value is -0.190. The van der Waals surface area contributed by atoms with Crippen molar-refractivity contribution in [2.45, 2.75) is 18.8 Å². The number of benzene rings is 2. The average molecular weight is 479 g/mol. The predicted molar refractivity (Wildman–Crippen MR) is 98.2 cm³/mol. The van der Waals surface area contributed by atoms with Crippen LogP contribution in [0, 0.1) is 12.7 Å². The van der Waals surface area contributed by atoms with Gasteiger partial charge in [-0.3, -0.25) is 0 Å². The Bertz CT molecular complexity index is 621. The van der Waals surface area contributed by atoms with Crippen LogP contribution in [0.1, 0.15) is 16.7 Å². The summed E-state index contributed by atoms with van der Waals surface area (Å²) in [4.78, 5) is 0. The third-order valence-corrected chi connectivity index (χ3v) is 6.63. The Morgan fingerprint density at radius 1 is 1.05 bits per heavy atom. The van der Waals surface area contributed by atoms with Gasteiger partial charge >= 0.3 is 0 Å². The lowest BCUT2D eigenvalue weighted by Crippen LogP contribution is -2.33. The van der Waals surface area contributed by atoms with Gasteiger partial charge in [0.15, 0.2) is 0 Å². The molecule has 2 aromatic carbocycles. The lowest BCUT2D eigenvalue weighted by Gasteiger charge is -2.32. The lowest BCUT2D eigenvalue weighted by atomic mass is 9.78. The van der Waals surface area contributed by atoms with Crippen molar-refractivity contribution < 1.29 is 4.39 Å². The molecule has 0 spiro atoms. The molecule has 21 heavy (non-hydrogen) atoms. The van der Waals surface area contributed by atoms with E-state index in [4.69, 9.17) is 0 Å². The molecule has 112 valence electrons. The molecule has 0 radical (unpaired) electrons. The van der Waals surface area contributed by atoms with E-state index >= 15 is 0 Å². The van der Waals surface area contributed by atoms with Crippen LogP contribution in [0.15, 0.2) is 46.9 Å². The van der Waals surface area contributed by atoms with Crippen LogP contribution in [0.2, 0.25) is 0 Å². The molecule has 2 aromatic rings. The van der Waals surface area contributed by atoms with E-state index in [1.165, 1.54) is 17.2 Å². The van der Waals surface area contributed by atoms with E-state index in [2.05, 4.69) is 66.0 Å². The smallest absolute Gasteiger partial charge is 0.123 e. The van der Waals surface area contributed by atoms with E-state index in [0.717, 1.165) is 27.1 Å². The minimum Gasteiger partial charge on any atom is -0.207 e. The fourth-order valence-electron chi connectivity index (χ4n) is 2.48. The maximum absolute atomic E-state index is 13.3. The molecular formula is C17H16Br3F. The molecule has 0 nitrogen and oxygen atoms in total. The number of hydrogen-bond donors (Lipinski definition) is 0. The van der Waals surface area contributed by atoms with E-state index in [1.54, 1.807) is 6.07 Å². The summed E-state index contributed by atoms with van der Waals surface area (Å²) in [5.74, 6) is -0.180. The fourth-order valence-corrected chi connectivity index (χ4v) is 5.12. The van der Waals surface area contributed by atoms with Crippen LogP contribution in [-0.4, -0.2) is 10.7 Å². The van der Waals surface area contributed by atoms with Crippen molar-refractivity contribution in [2.24, 2.45) is 0 Å². The molecule has 0 saturated carbocycles. The van der Waals surface area contributed by atoms with Gasteiger partial charge < -0.3 is 0 Å². The highest BCUT2D eigenvalue weighted by Crippen LogP contribution is 2.37. The zero-order chi connectivity index (χ0) is 15.5. The second kappa shape index (κ2) is 7.38. The van der Waals surface area contributed by atoms with E-state index in [1.807, 2.05) is 19.1 Å². The van der Waals surface area contributed by atoms with E-state index in [9.17, 15) is 4.39 Å². The first-order valence-electron chi connectivity index (χ1n) is 6.64. The summed E-state index contributed by atoms with van der Waals surface area (Å²) in [5, 5.41) is 1.65. The van der Waals surface area contributed by atoms with Crippen LogP contribution in [-0.2, 0) is 11.8 Å². The fraction of sp³-hybridized carbons (Fsp3) is 0.294. The number of alkyl halides is 2. The molecule has 0 fully saturated rings. The molecule has 0 bridgehead atoms. The van der Waals surface area contributed by atoms with Gasteiger partial charge in [-0.2, -0.15) is 0 Å². The molecule has 0 aliphatic carbocycles. The van der Waals surface area contributed by atoms with Crippen molar-refractivity contribution in [1.82, 2.24) is 0 Å². The Morgan fingerprint density at radius 3 is 2.29 bits per heavy atom. The van der Waals surface area contributed by atoms with E-state index in [0.29, 0.717) is 0 Å². The molecule has 2 rings (SSSR count). The highest BCUT2D eigenvalue weighted by molar-refractivity contribution is 9.10. The zero-order valence-corrected chi connectivity index (χ0v) is 16.4. The zero-order valence-electron chi connectivity index (χ0n) is 11.7. The average Bonchev–Trinajstić information content (AvgIpc) is 2.48. The van der Waals surface area contributed by atoms with Gasteiger partial charge in [-0.15, -0.1) is 0 Å². The third-order valence-electron chi connectivity index (χ3n) is 3.79. The standard InChI is InChI=1S/C17H16Br3F/c1-12-8-14(21)7-6-13(12)9-17(10-18,11-19)15-4-2-3-5-16(15)20/h2-8H,9-11H2,1H3. The Kier molecular flexibility index (Phi) is 6.04. The molecule has 0 unspecified atom stereocenters. The van der Waals surface area contributed by atoms with Crippen LogP contribution in [0.4, 0.5) is 4.39 Å². The Labute approximate surface area is 150 Å².